The van der Waals surface area contributed by atoms with Crippen LogP contribution in [0.5, 0.6) is 0 Å². The van der Waals surface area contributed by atoms with Gasteiger partial charge in [-0.1, -0.05) is 44.6 Å². The molecule has 2 aliphatic carbocycles. The fourth-order valence-electron chi connectivity index (χ4n) is 6.95. The molecule has 2 aromatic rings. The number of fused-ring (bicyclic) bond motifs is 1. The second-order valence-electron chi connectivity index (χ2n) is 10.9. The van der Waals surface area contributed by atoms with Gasteiger partial charge in [-0.05, 0) is 99.5 Å². The van der Waals surface area contributed by atoms with Crippen LogP contribution in [0.1, 0.15) is 101 Å². The van der Waals surface area contributed by atoms with E-state index in [1.165, 1.54) is 94.4 Å². The van der Waals surface area contributed by atoms with Gasteiger partial charge < -0.3 is 15.2 Å². The van der Waals surface area contributed by atoms with E-state index in [1.807, 2.05) is 6.07 Å². The summed E-state index contributed by atoms with van der Waals surface area (Å²) in [6.07, 6.45) is 19.9. The lowest BCUT2D eigenvalue weighted by Crippen LogP contribution is -2.40. The van der Waals surface area contributed by atoms with Crippen LogP contribution in [0.2, 0.25) is 0 Å². The zero-order valence-electron chi connectivity index (χ0n) is 20.3. The van der Waals surface area contributed by atoms with Crippen LogP contribution >= 0.6 is 0 Å². The maximum absolute atomic E-state index is 7.62. The summed E-state index contributed by atoms with van der Waals surface area (Å²) in [6, 6.07) is 7.79. The van der Waals surface area contributed by atoms with Crippen LogP contribution in [0.15, 0.2) is 24.4 Å². The van der Waals surface area contributed by atoms with E-state index in [0.29, 0.717) is 18.0 Å². The van der Waals surface area contributed by atoms with Crippen molar-refractivity contribution >= 4 is 16.6 Å². The lowest BCUT2D eigenvalue weighted by atomic mass is 9.75. The number of rotatable bonds is 7. The number of piperidine rings is 1. The van der Waals surface area contributed by atoms with Gasteiger partial charge in [-0.25, -0.2) is 4.85 Å². The number of aromatic nitrogens is 1. The van der Waals surface area contributed by atoms with Crippen LogP contribution in [-0.4, -0.2) is 30.2 Å². The Morgan fingerprint density at radius 2 is 1.70 bits per heavy atom. The van der Waals surface area contributed by atoms with Gasteiger partial charge in [0.05, 0.1) is 6.57 Å². The molecule has 1 saturated heterocycles. The van der Waals surface area contributed by atoms with Gasteiger partial charge in [-0.3, -0.25) is 0 Å². The van der Waals surface area contributed by atoms with Gasteiger partial charge in [-0.2, -0.15) is 0 Å². The molecule has 1 aromatic carbocycles. The Labute approximate surface area is 200 Å². The molecule has 178 valence electrons. The molecule has 33 heavy (non-hydrogen) atoms. The molecule has 0 bridgehead atoms. The van der Waals surface area contributed by atoms with Crippen LogP contribution < -0.4 is 10.6 Å². The van der Waals surface area contributed by atoms with Crippen molar-refractivity contribution in [2.75, 3.05) is 19.6 Å². The Balaban J connectivity index is 1.46. The highest BCUT2D eigenvalue weighted by molar-refractivity contribution is 5.88. The van der Waals surface area contributed by atoms with E-state index in [-0.39, 0.29) is 0 Å². The fourth-order valence-corrected chi connectivity index (χ4v) is 6.95. The molecule has 0 radical (unpaired) electrons. The molecule has 2 saturated carbocycles. The largest absolute Gasteiger partial charge is 0.344 e. The summed E-state index contributed by atoms with van der Waals surface area (Å²) in [5.41, 5.74) is 3.71. The summed E-state index contributed by atoms with van der Waals surface area (Å²) < 4.78 is 2.62. The van der Waals surface area contributed by atoms with Crippen molar-refractivity contribution in [3.63, 3.8) is 0 Å². The Morgan fingerprint density at radius 3 is 2.42 bits per heavy atom. The third kappa shape index (κ3) is 5.31. The highest BCUT2D eigenvalue weighted by atomic mass is 15.0. The molecule has 0 amide bonds. The third-order valence-electron chi connectivity index (χ3n) is 8.79. The molecule has 1 aliphatic heterocycles. The summed E-state index contributed by atoms with van der Waals surface area (Å²) in [5.74, 6) is 1.39. The van der Waals surface area contributed by atoms with Gasteiger partial charge in [0.25, 0.3) is 0 Å². The standard InChI is InChI=1S/C29H42N4/c1-30-24-12-13-29-27(20-24)28(21-33(29)25-10-6-3-7-11-25)26(22-8-4-2-5-9-22)16-19-32-23-14-17-31-18-15-23/h12-13,20-23,25-26,31-32H,2-11,14-19H2. The van der Waals surface area contributed by atoms with E-state index in [2.05, 4.69) is 38.4 Å². The first kappa shape index (κ1) is 22.9. The molecule has 2 N–H and O–H groups in total. The summed E-state index contributed by atoms with van der Waals surface area (Å²) >= 11 is 0. The van der Waals surface area contributed by atoms with Crippen LogP contribution in [-0.2, 0) is 0 Å². The maximum Gasteiger partial charge on any atom is 0.187 e. The molecule has 1 aromatic heterocycles. The molecular formula is C29H42N4. The van der Waals surface area contributed by atoms with Crippen molar-refractivity contribution in [2.45, 2.75) is 101 Å². The summed E-state index contributed by atoms with van der Waals surface area (Å²) in [7, 11) is 0. The molecule has 1 atom stereocenters. The smallest absolute Gasteiger partial charge is 0.187 e. The van der Waals surface area contributed by atoms with Crippen LogP contribution in [0, 0.1) is 12.5 Å². The Kier molecular flexibility index (Phi) is 7.69. The second-order valence-corrected chi connectivity index (χ2v) is 10.9. The number of nitrogens with one attached hydrogen (secondary N) is 2. The molecule has 4 nitrogen and oxygen atoms in total. The highest BCUT2D eigenvalue weighted by Crippen LogP contribution is 2.43. The quantitative estimate of drug-likeness (QED) is 0.445. The first-order valence-corrected chi connectivity index (χ1v) is 13.8. The molecule has 5 rings (SSSR count). The summed E-state index contributed by atoms with van der Waals surface area (Å²) in [4.78, 5) is 3.80. The maximum atomic E-state index is 7.62. The zero-order chi connectivity index (χ0) is 22.5. The lowest BCUT2D eigenvalue weighted by molar-refractivity contribution is 0.285. The van der Waals surface area contributed by atoms with Gasteiger partial charge in [0, 0.05) is 23.8 Å². The van der Waals surface area contributed by atoms with E-state index < -0.39 is 0 Å². The Morgan fingerprint density at radius 1 is 0.970 bits per heavy atom. The highest BCUT2D eigenvalue weighted by Gasteiger charge is 2.29. The number of benzene rings is 1. The van der Waals surface area contributed by atoms with E-state index in [1.54, 1.807) is 5.56 Å². The predicted molar refractivity (Wildman–Crippen MR) is 138 cm³/mol. The molecular weight excluding hydrogens is 404 g/mol. The van der Waals surface area contributed by atoms with Crippen molar-refractivity contribution < 1.29 is 0 Å². The monoisotopic (exact) mass is 446 g/mol. The minimum atomic E-state index is 0.604. The van der Waals surface area contributed by atoms with Crippen LogP contribution in [0.25, 0.3) is 15.7 Å². The fraction of sp³-hybridized carbons (Fsp3) is 0.690. The second kappa shape index (κ2) is 11.1. The first-order valence-electron chi connectivity index (χ1n) is 13.8. The minimum Gasteiger partial charge on any atom is -0.344 e. The van der Waals surface area contributed by atoms with E-state index in [9.17, 15) is 0 Å². The minimum absolute atomic E-state index is 0.604. The molecule has 3 aliphatic rings. The summed E-state index contributed by atoms with van der Waals surface area (Å²) in [6.45, 7) is 11.0. The summed E-state index contributed by atoms with van der Waals surface area (Å²) in [5, 5.41) is 8.76. The van der Waals surface area contributed by atoms with Gasteiger partial charge in [0.1, 0.15) is 0 Å². The SMILES string of the molecule is [C-]#[N+]c1ccc2c(c1)c(C(CCNC1CCNCC1)C1CCCCC1)cn2C1CCCCC1. The molecule has 4 heteroatoms. The van der Waals surface area contributed by atoms with Crippen molar-refractivity contribution in [1.82, 2.24) is 15.2 Å². The Bertz CT molecular complexity index is 936. The topological polar surface area (TPSA) is 33.4 Å². The zero-order valence-corrected chi connectivity index (χ0v) is 20.3. The molecule has 0 spiro atoms. The van der Waals surface area contributed by atoms with Crippen LogP contribution in [0.4, 0.5) is 5.69 Å². The van der Waals surface area contributed by atoms with Crippen molar-refractivity contribution in [1.29, 1.82) is 0 Å². The molecule has 1 unspecified atom stereocenters. The van der Waals surface area contributed by atoms with Crippen molar-refractivity contribution in [2.24, 2.45) is 5.92 Å². The van der Waals surface area contributed by atoms with Crippen LogP contribution in [0.3, 0.4) is 0 Å². The third-order valence-corrected chi connectivity index (χ3v) is 8.79. The van der Waals surface area contributed by atoms with Gasteiger partial charge in [-0.15, -0.1) is 0 Å². The molecule has 3 fully saturated rings. The van der Waals surface area contributed by atoms with Crippen molar-refractivity contribution in [3.8, 4) is 0 Å². The predicted octanol–water partition coefficient (Wildman–Crippen LogP) is 7.09. The van der Waals surface area contributed by atoms with E-state index >= 15 is 0 Å². The average Bonchev–Trinajstić information content (AvgIpc) is 3.27. The lowest BCUT2D eigenvalue weighted by Gasteiger charge is -2.32. The first-order chi connectivity index (χ1) is 16.3. The number of hydrogen-bond donors (Lipinski definition) is 2. The van der Waals surface area contributed by atoms with E-state index in [0.717, 1.165) is 31.2 Å². The van der Waals surface area contributed by atoms with Gasteiger partial charge in [0.15, 0.2) is 5.69 Å². The molecule has 2 heterocycles. The van der Waals surface area contributed by atoms with Gasteiger partial charge >= 0.3 is 0 Å². The Hall–Kier alpha value is -1.83. The average molecular weight is 447 g/mol. The van der Waals surface area contributed by atoms with Crippen molar-refractivity contribution in [3.05, 3.63) is 41.4 Å². The van der Waals surface area contributed by atoms with E-state index in [4.69, 9.17) is 6.57 Å². The normalized spacial score (nSPS) is 22.4. The number of hydrogen-bond acceptors (Lipinski definition) is 2. The van der Waals surface area contributed by atoms with Gasteiger partial charge in [0.2, 0.25) is 0 Å². The number of nitrogens with zero attached hydrogens (tertiary/aromatic N) is 2.